The first kappa shape index (κ1) is 15.6. The summed E-state index contributed by atoms with van der Waals surface area (Å²) in [6.45, 7) is 0.207. The van der Waals surface area contributed by atoms with Crippen molar-refractivity contribution in [1.82, 2.24) is 4.90 Å². The number of rotatable bonds is 4. The van der Waals surface area contributed by atoms with Gasteiger partial charge in [0.1, 0.15) is 5.82 Å². The summed E-state index contributed by atoms with van der Waals surface area (Å²) in [6.07, 6.45) is 0.673. The van der Waals surface area contributed by atoms with Crippen LogP contribution in [0.15, 0.2) is 16.6 Å². The molecule has 1 aromatic carbocycles. The highest BCUT2D eigenvalue weighted by Gasteiger charge is 2.36. The van der Waals surface area contributed by atoms with Gasteiger partial charge in [-0.05, 0) is 34.5 Å². The topological polar surface area (TPSA) is 57.7 Å². The molecule has 0 unspecified atom stereocenters. The molecule has 1 aliphatic heterocycles. The normalized spacial score (nSPS) is 13.6. The number of fused-ring (bicyclic) bond motifs is 1. The van der Waals surface area contributed by atoms with Crippen molar-refractivity contribution in [3.8, 4) is 0 Å². The van der Waals surface area contributed by atoms with Crippen LogP contribution in [-0.2, 0) is 9.59 Å². The van der Waals surface area contributed by atoms with Crippen LogP contribution in [0.3, 0.4) is 0 Å². The summed E-state index contributed by atoms with van der Waals surface area (Å²) >= 11 is 3.00. The highest BCUT2D eigenvalue weighted by atomic mass is 79.9. The van der Waals surface area contributed by atoms with E-state index < -0.39 is 17.5 Å². The van der Waals surface area contributed by atoms with Crippen LogP contribution in [0.4, 0.5) is 10.1 Å². The minimum atomic E-state index is -0.681. The molecular formula is C14H14BrFN2O3. The average Bonchev–Trinajstić information content (AvgIpc) is 2.64. The third-order valence-corrected chi connectivity index (χ3v) is 3.89. The number of ketones is 1. The van der Waals surface area contributed by atoms with Crippen molar-refractivity contribution in [3.05, 3.63) is 28.0 Å². The first-order chi connectivity index (χ1) is 9.82. The Balaban J connectivity index is 2.16. The zero-order valence-corrected chi connectivity index (χ0v) is 13.2. The van der Waals surface area contributed by atoms with Crippen LogP contribution in [-0.4, -0.2) is 43.1 Å². The quantitative estimate of drug-likeness (QED) is 0.775. The number of nitrogens with zero attached hydrogens (tertiary/aromatic N) is 2. The summed E-state index contributed by atoms with van der Waals surface area (Å²) in [5.41, 5.74) is 0.454. The highest BCUT2D eigenvalue weighted by molar-refractivity contribution is 9.10. The number of carbonyl (C=O) groups is 3. The van der Waals surface area contributed by atoms with Gasteiger partial charge in [-0.1, -0.05) is 0 Å². The number of benzene rings is 1. The summed E-state index contributed by atoms with van der Waals surface area (Å²) < 4.78 is 13.7. The number of anilines is 1. The molecule has 0 atom stereocenters. The van der Waals surface area contributed by atoms with Crippen LogP contribution in [0.2, 0.25) is 0 Å². The van der Waals surface area contributed by atoms with Crippen molar-refractivity contribution in [1.29, 1.82) is 0 Å². The fourth-order valence-corrected chi connectivity index (χ4v) is 2.47. The maximum atomic E-state index is 13.6. The highest BCUT2D eigenvalue weighted by Crippen LogP contribution is 2.33. The molecule has 5 nitrogen and oxygen atoms in total. The first-order valence-electron chi connectivity index (χ1n) is 6.38. The van der Waals surface area contributed by atoms with Gasteiger partial charge in [0.2, 0.25) is 5.91 Å². The predicted molar refractivity (Wildman–Crippen MR) is 78.7 cm³/mol. The second-order valence-corrected chi connectivity index (χ2v) is 5.82. The molecule has 0 N–H and O–H groups in total. The molecule has 2 rings (SSSR count). The van der Waals surface area contributed by atoms with E-state index in [1.54, 1.807) is 14.1 Å². The summed E-state index contributed by atoms with van der Waals surface area (Å²) in [4.78, 5) is 38.0. The third-order valence-electron chi connectivity index (χ3n) is 3.28. The van der Waals surface area contributed by atoms with Crippen LogP contribution >= 0.6 is 15.9 Å². The Morgan fingerprint density at radius 1 is 1.33 bits per heavy atom. The molecule has 112 valence electrons. The van der Waals surface area contributed by atoms with E-state index in [9.17, 15) is 18.8 Å². The summed E-state index contributed by atoms with van der Waals surface area (Å²) in [5, 5.41) is 0. The predicted octanol–water partition coefficient (Wildman–Crippen LogP) is 1.99. The van der Waals surface area contributed by atoms with Crippen LogP contribution in [0.1, 0.15) is 23.2 Å². The van der Waals surface area contributed by atoms with Gasteiger partial charge in [-0.3, -0.25) is 14.4 Å². The molecule has 21 heavy (non-hydrogen) atoms. The van der Waals surface area contributed by atoms with Gasteiger partial charge in [0.15, 0.2) is 0 Å². The standard InChI is InChI=1S/C14H14BrFN2O3/c1-17(2)12(19)4-3-5-18-11-7-10(16)9(15)6-8(11)13(20)14(18)21/h6-7H,3-5H2,1-2H3. The number of hydrogen-bond acceptors (Lipinski definition) is 3. The van der Waals surface area contributed by atoms with E-state index in [1.165, 1.54) is 15.9 Å². The molecule has 1 heterocycles. The molecule has 0 fully saturated rings. The Morgan fingerprint density at radius 2 is 2.00 bits per heavy atom. The van der Waals surface area contributed by atoms with E-state index in [-0.39, 0.29) is 34.6 Å². The maximum absolute atomic E-state index is 13.6. The van der Waals surface area contributed by atoms with Gasteiger partial charge in [0.25, 0.3) is 11.7 Å². The van der Waals surface area contributed by atoms with E-state index in [0.717, 1.165) is 6.07 Å². The Hall–Kier alpha value is -1.76. The van der Waals surface area contributed by atoms with Crippen LogP contribution in [0.5, 0.6) is 0 Å². The summed E-state index contributed by atoms with van der Waals surface area (Å²) in [5.74, 6) is -1.93. The van der Waals surface area contributed by atoms with Crippen molar-refractivity contribution >= 4 is 39.2 Å². The average molecular weight is 357 g/mol. The van der Waals surface area contributed by atoms with Gasteiger partial charge in [-0.15, -0.1) is 0 Å². The Morgan fingerprint density at radius 3 is 2.62 bits per heavy atom. The molecule has 0 saturated heterocycles. The zero-order valence-electron chi connectivity index (χ0n) is 11.7. The van der Waals surface area contributed by atoms with Crippen molar-refractivity contribution in [2.75, 3.05) is 25.5 Å². The lowest BCUT2D eigenvalue weighted by Crippen LogP contribution is -2.31. The number of carbonyl (C=O) groups excluding carboxylic acids is 3. The molecule has 2 amide bonds. The molecule has 0 spiro atoms. The van der Waals surface area contributed by atoms with E-state index >= 15 is 0 Å². The van der Waals surface area contributed by atoms with Crippen LogP contribution < -0.4 is 4.90 Å². The number of hydrogen-bond donors (Lipinski definition) is 0. The Labute approximate surface area is 129 Å². The minimum Gasteiger partial charge on any atom is -0.349 e. The largest absolute Gasteiger partial charge is 0.349 e. The van der Waals surface area contributed by atoms with Gasteiger partial charge < -0.3 is 9.80 Å². The van der Waals surface area contributed by atoms with Gasteiger partial charge in [0.05, 0.1) is 15.7 Å². The molecule has 0 radical (unpaired) electrons. The van der Waals surface area contributed by atoms with Gasteiger partial charge in [-0.25, -0.2) is 4.39 Å². The van der Waals surface area contributed by atoms with Crippen molar-refractivity contribution in [2.24, 2.45) is 0 Å². The first-order valence-corrected chi connectivity index (χ1v) is 7.17. The molecule has 0 aromatic heterocycles. The molecular weight excluding hydrogens is 343 g/mol. The van der Waals surface area contributed by atoms with Crippen molar-refractivity contribution in [3.63, 3.8) is 0 Å². The molecule has 0 saturated carbocycles. The second-order valence-electron chi connectivity index (χ2n) is 4.96. The van der Waals surface area contributed by atoms with Crippen LogP contribution in [0.25, 0.3) is 0 Å². The van der Waals surface area contributed by atoms with Crippen molar-refractivity contribution in [2.45, 2.75) is 12.8 Å². The van der Waals surface area contributed by atoms with Gasteiger partial charge in [-0.2, -0.15) is 0 Å². The number of Topliss-reactive ketones (excluding diaryl/α,β-unsaturated/α-hetero) is 1. The van der Waals surface area contributed by atoms with E-state index in [1.807, 2.05) is 0 Å². The number of amides is 2. The maximum Gasteiger partial charge on any atom is 0.299 e. The molecule has 7 heteroatoms. The summed E-state index contributed by atoms with van der Waals surface area (Å²) in [6, 6.07) is 2.48. The van der Waals surface area contributed by atoms with Crippen LogP contribution in [0, 0.1) is 5.82 Å². The van der Waals surface area contributed by atoms with E-state index in [4.69, 9.17) is 0 Å². The Kier molecular flexibility index (Phi) is 4.41. The number of halogens is 2. The fourth-order valence-electron chi connectivity index (χ4n) is 2.12. The lowest BCUT2D eigenvalue weighted by atomic mass is 10.1. The third kappa shape index (κ3) is 2.97. The molecule has 1 aliphatic rings. The smallest absolute Gasteiger partial charge is 0.299 e. The fraction of sp³-hybridized carbons (Fsp3) is 0.357. The second kappa shape index (κ2) is 5.93. The summed E-state index contributed by atoms with van der Waals surface area (Å²) in [7, 11) is 3.30. The molecule has 1 aromatic rings. The lowest BCUT2D eigenvalue weighted by molar-refractivity contribution is -0.128. The molecule has 0 bridgehead atoms. The van der Waals surface area contributed by atoms with E-state index in [2.05, 4.69) is 15.9 Å². The Bertz CT molecular complexity index is 631. The monoisotopic (exact) mass is 356 g/mol. The SMILES string of the molecule is CN(C)C(=O)CCCN1C(=O)C(=O)c2cc(Br)c(F)cc21. The van der Waals surface area contributed by atoms with E-state index in [0.29, 0.717) is 6.42 Å². The minimum absolute atomic E-state index is 0.0600. The van der Waals surface area contributed by atoms with Crippen molar-refractivity contribution < 1.29 is 18.8 Å². The lowest BCUT2D eigenvalue weighted by Gasteiger charge is -2.17. The zero-order chi connectivity index (χ0) is 15.7. The molecule has 0 aliphatic carbocycles. The van der Waals surface area contributed by atoms with Gasteiger partial charge in [0, 0.05) is 27.1 Å². The van der Waals surface area contributed by atoms with Gasteiger partial charge >= 0.3 is 0 Å².